The third-order valence-electron chi connectivity index (χ3n) is 8.40. The third kappa shape index (κ3) is 2.90. The summed E-state index contributed by atoms with van der Waals surface area (Å²) in [6, 6.07) is 41.2. The van der Waals surface area contributed by atoms with Gasteiger partial charge in [-0.05, 0) is 36.4 Å². The first-order chi connectivity index (χ1) is 20.8. The van der Waals surface area contributed by atoms with Crippen molar-refractivity contribution in [1.29, 1.82) is 0 Å². The van der Waals surface area contributed by atoms with E-state index in [1.807, 2.05) is 17.5 Å². The zero-order valence-electron chi connectivity index (χ0n) is 22.2. The molecule has 5 aromatic carbocycles. The number of rotatable bonds is 2. The number of thiophene rings is 2. The fraction of sp³-hybridized carbons (Fsp3) is 0. The quantitative estimate of drug-likeness (QED) is 0.207. The Morgan fingerprint density at radius 1 is 0.524 bits per heavy atom. The summed E-state index contributed by atoms with van der Waals surface area (Å²) in [7, 11) is 0. The second-order valence-corrected chi connectivity index (χ2v) is 12.7. The van der Waals surface area contributed by atoms with Crippen molar-refractivity contribution in [2.45, 2.75) is 0 Å². The maximum absolute atomic E-state index is 5.21. The molecular weight excluding hydrogens is 553 g/mol. The van der Waals surface area contributed by atoms with E-state index in [9.17, 15) is 0 Å². The number of imidazole rings is 2. The highest BCUT2D eigenvalue weighted by Crippen LogP contribution is 2.44. The highest BCUT2D eigenvalue weighted by Gasteiger charge is 2.24. The smallest absolute Gasteiger partial charge is 0.221 e. The Kier molecular flexibility index (Phi) is 4.45. The van der Waals surface area contributed by atoms with Crippen LogP contribution in [0.5, 0.6) is 0 Å². The van der Waals surface area contributed by atoms with Crippen LogP contribution in [0.25, 0.3) is 85.1 Å². The lowest BCUT2D eigenvalue weighted by Crippen LogP contribution is -1.99. The van der Waals surface area contributed by atoms with Crippen LogP contribution in [0.3, 0.4) is 0 Å². The van der Waals surface area contributed by atoms with E-state index in [4.69, 9.17) is 9.97 Å². The van der Waals surface area contributed by atoms with Gasteiger partial charge in [-0.15, -0.1) is 22.7 Å². The molecule has 42 heavy (non-hydrogen) atoms. The van der Waals surface area contributed by atoms with Gasteiger partial charge in [0.15, 0.2) is 5.82 Å². The molecule has 0 saturated carbocycles. The number of nitrogens with zero attached hydrogens (tertiary/aromatic N) is 4. The molecule has 6 heteroatoms. The zero-order chi connectivity index (χ0) is 27.4. The lowest BCUT2D eigenvalue weighted by molar-refractivity contribution is 1.06. The van der Waals surface area contributed by atoms with Gasteiger partial charge < -0.3 is 0 Å². The van der Waals surface area contributed by atoms with Crippen molar-refractivity contribution in [3.05, 3.63) is 121 Å². The molecule has 0 amide bonds. The molecule has 0 radical (unpaired) electrons. The maximum Gasteiger partial charge on any atom is 0.221 e. The molecule has 10 rings (SSSR count). The van der Waals surface area contributed by atoms with Gasteiger partial charge >= 0.3 is 0 Å². The number of benzene rings is 5. The van der Waals surface area contributed by atoms with Gasteiger partial charge in [0.05, 0.1) is 26.8 Å². The molecule has 5 heterocycles. The number of para-hydroxylation sites is 3. The third-order valence-corrected chi connectivity index (χ3v) is 10.8. The lowest BCUT2D eigenvalue weighted by Gasteiger charge is -2.11. The predicted molar refractivity (Wildman–Crippen MR) is 179 cm³/mol. The van der Waals surface area contributed by atoms with Crippen molar-refractivity contribution in [3.63, 3.8) is 0 Å². The van der Waals surface area contributed by atoms with E-state index in [1.165, 1.54) is 51.5 Å². The van der Waals surface area contributed by atoms with Crippen LogP contribution in [0.2, 0.25) is 0 Å². The molecule has 0 atom stereocenters. The molecule has 0 aliphatic rings. The van der Waals surface area contributed by atoms with Crippen LogP contribution >= 0.6 is 22.7 Å². The molecule has 0 aliphatic carbocycles. The van der Waals surface area contributed by atoms with Crippen molar-refractivity contribution in [1.82, 2.24) is 18.9 Å². The Balaban J connectivity index is 1.41. The minimum absolute atomic E-state index is 0.875. The van der Waals surface area contributed by atoms with Crippen molar-refractivity contribution >= 4 is 90.9 Å². The number of aromatic nitrogens is 4. The fourth-order valence-electron chi connectivity index (χ4n) is 6.62. The van der Waals surface area contributed by atoms with E-state index in [0.717, 1.165) is 33.7 Å². The first-order valence-electron chi connectivity index (χ1n) is 13.9. The summed E-state index contributed by atoms with van der Waals surface area (Å²) in [6.07, 6.45) is 1.94. The van der Waals surface area contributed by atoms with Gasteiger partial charge in [-0.3, -0.25) is 8.97 Å². The van der Waals surface area contributed by atoms with Gasteiger partial charge in [0.1, 0.15) is 0 Å². The van der Waals surface area contributed by atoms with E-state index in [1.54, 1.807) is 11.3 Å². The molecule has 196 valence electrons. The highest BCUT2D eigenvalue weighted by molar-refractivity contribution is 7.26. The number of hydrogen-bond donors (Lipinski definition) is 0. The second kappa shape index (κ2) is 8.26. The highest BCUT2D eigenvalue weighted by atomic mass is 32.1. The zero-order valence-corrected chi connectivity index (χ0v) is 23.8. The van der Waals surface area contributed by atoms with E-state index < -0.39 is 0 Å². The Morgan fingerprint density at radius 2 is 1.17 bits per heavy atom. The average molecular weight is 573 g/mol. The summed E-state index contributed by atoms with van der Waals surface area (Å²) >= 11 is 3.66. The maximum atomic E-state index is 5.21. The van der Waals surface area contributed by atoms with Crippen molar-refractivity contribution in [2.75, 3.05) is 0 Å². The van der Waals surface area contributed by atoms with E-state index in [0.29, 0.717) is 0 Å². The van der Waals surface area contributed by atoms with Crippen LogP contribution in [0.15, 0.2) is 121 Å². The van der Waals surface area contributed by atoms with Gasteiger partial charge in [-0.2, -0.15) is 0 Å². The van der Waals surface area contributed by atoms with Crippen molar-refractivity contribution in [2.24, 2.45) is 0 Å². The number of pyridine rings is 1. The standard InChI is InChI=1S/C36H20N4S2/c1-5-17-30-21(9-1)24-12-7-13-25(33(24)41-30)23-11-8-16-29-32(23)40(36-38-27-14-3-4-15-28(27)39(29)36)35-34-26(19-20-37-35)22-10-2-6-18-31(22)42-34/h1-20H. The summed E-state index contributed by atoms with van der Waals surface area (Å²) < 4.78 is 9.63. The molecule has 0 unspecified atom stereocenters. The Hall–Kier alpha value is -5.04. The minimum atomic E-state index is 0.875. The van der Waals surface area contributed by atoms with Crippen molar-refractivity contribution < 1.29 is 0 Å². The van der Waals surface area contributed by atoms with Gasteiger partial charge in [-0.1, -0.05) is 78.9 Å². The summed E-state index contributed by atoms with van der Waals surface area (Å²) in [5.41, 5.74) is 6.72. The largest absolute Gasteiger partial charge is 0.276 e. The van der Waals surface area contributed by atoms with Crippen LogP contribution in [0.4, 0.5) is 0 Å². The van der Waals surface area contributed by atoms with E-state index in [-0.39, 0.29) is 0 Å². The molecule has 5 aromatic heterocycles. The molecule has 4 nitrogen and oxygen atoms in total. The predicted octanol–water partition coefficient (Wildman–Crippen LogP) is 10.2. The molecule has 0 fully saturated rings. The topological polar surface area (TPSA) is 35.1 Å². The molecule has 0 saturated heterocycles. The van der Waals surface area contributed by atoms with Gasteiger partial charge in [0, 0.05) is 53.0 Å². The SMILES string of the molecule is c1ccc2c(c1)nc1n(-c3nccc4c3sc3ccccc34)c3c(-c4cccc5c4sc4ccccc45)cccc3n21. The minimum Gasteiger partial charge on any atom is -0.276 e. The molecule has 0 bridgehead atoms. The molecule has 10 aromatic rings. The van der Waals surface area contributed by atoms with Crippen molar-refractivity contribution in [3.8, 4) is 16.9 Å². The van der Waals surface area contributed by atoms with Crippen LogP contribution in [0, 0.1) is 0 Å². The molecule has 0 aliphatic heterocycles. The molecule has 0 spiro atoms. The first kappa shape index (κ1) is 22.6. The Morgan fingerprint density at radius 3 is 2.02 bits per heavy atom. The summed E-state index contributed by atoms with van der Waals surface area (Å²) in [4.78, 5) is 10.3. The fourth-order valence-corrected chi connectivity index (χ4v) is 9.03. The molecule has 0 N–H and O–H groups in total. The van der Waals surface area contributed by atoms with Crippen LogP contribution in [0.1, 0.15) is 0 Å². The number of fused-ring (bicyclic) bond motifs is 11. The van der Waals surface area contributed by atoms with Crippen LogP contribution in [-0.4, -0.2) is 18.9 Å². The van der Waals surface area contributed by atoms with Gasteiger partial charge in [0.25, 0.3) is 0 Å². The first-order valence-corrected chi connectivity index (χ1v) is 15.6. The monoisotopic (exact) mass is 572 g/mol. The van der Waals surface area contributed by atoms with Gasteiger partial charge in [0.2, 0.25) is 5.78 Å². The summed E-state index contributed by atoms with van der Waals surface area (Å²) in [5, 5.41) is 5.08. The van der Waals surface area contributed by atoms with Crippen LogP contribution in [-0.2, 0) is 0 Å². The summed E-state index contributed by atoms with van der Waals surface area (Å²) in [6.45, 7) is 0. The number of hydrogen-bond acceptors (Lipinski definition) is 4. The van der Waals surface area contributed by atoms with Gasteiger partial charge in [-0.25, -0.2) is 9.97 Å². The lowest BCUT2D eigenvalue weighted by atomic mass is 10.0. The summed E-state index contributed by atoms with van der Waals surface area (Å²) in [5.74, 6) is 1.79. The Bertz CT molecular complexity index is 2700. The van der Waals surface area contributed by atoms with E-state index in [2.05, 4.69) is 124 Å². The second-order valence-electron chi connectivity index (χ2n) is 10.6. The molecular formula is C36H20N4S2. The average Bonchev–Trinajstić information content (AvgIpc) is 3.79. The van der Waals surface area contributed by atoms with Crippen LogP contribution < -0.4 is 0 Å². The van der Waals surface area contributed by atoms with E-state index >= 15 is 0 Å². The Labute approximate surface area is 247 Å². The normalized spacial score (nSPS) is 12.3.